The predicted octanol–water partition coefficient (Wildman–Crippen LogP) is 2.45. The van der Waals surface area contributed by atoms with Crippen LogP contribution in [0, 0.1) is 5.41 Å². The second-order valence-corrected chi connectivity index (χ2v) is 3.70. The van der Waals surface area contributed by atoms with Crippen molar-refractivity contribution in [3.8, 4) is 0 Å². The molecule has 0 saturated heterocycles. The molecule has 0 aliphatic rings. The molecule has 2 rings (SSSR count). The van der Waals surface area contributed by atoms with Gasteiger partial charge >= 0.3 is 0 Å². The van der Waals surface area contributed by atoms with Gasteiger partial charge < -0.3 is 15.7 Å². The number of hydrogen-bond donors (Lipinski definition) is 3. The molecule has 3 nitrogen and oxygen atoms in total. The van der Waals surface area contributed by atoms with Gasteiger partial charge in [0.2, 0.25) is 0 Å². The van der Waals surface area contributed by atoms with Crippen LogP contribution in [0.2, 0.25) is 0 Å². The van der Waals surface area contributed by atoms with Gasteiger partial charge in [0.25, 0.3) is 0 Å². The number of rotatable bonds is 3. The Balaban J connectivity index is 2.53. The van der Waals surface area contributed by atoms with E-state index in [0.29, 0.717) is 6.04 Å². The fourth-order valence-electron chi connectivity index (χ4n) is 1.72. The quantitative estimate of drug-likeness (QED) is 0.656. The molecule has 1 aromatic heterocycles. The molecule has 0 bridgehead atoms. The maximum absolute atomic E-state index is 7.26. The molecule has 0 saturated carbocycles. The Hall–Kier alpha value is -1.61. The van der Waals surface area contributed by atoms with Crippen LogP contribution in [-0.2, 0) is 0 Å². The first kappa shape index (κ1) is 9.93. The maximum atomic E-state index is 7.26. The molecular weight excluding hydrogens is 186 g/mol. The number of aromatic nitrogens is 1. The zero-order valence-corrected chi connectivity index (χ0v) is 8.96. The lowest BCUT2D eigenvalue weighted by Crippen LogP contribution is -2.11. The molecule has 0 spiro atoms. The normalized spacial score (nSPS) is 12.9. The van der Waals surface area contributed by atoms with Gasteiger partial charge in [0, 0.05) is 34.9 Å². The van der Waals surface area contributed by atoms with Crippen molar-refractivity contribution in [2.75, 3.05) is 7.05 Å². The van der Waals surface area contributed by atoms with Gasteiger partial charge in [-0.15, -0.1) is 0 Å². The minimum Gasteiger partial charge on any atom is -0.360 e. The fraction of sp³-hybridized carbons (Fsp3) is 0.250. The van der Waals surface area contributed by atoms with E-state index < -0.39 is 0 Å². The fourth-order valence-corrected chi connectivity index (χ4v) is 1.72. The molecule has 3 heteroatoms. The molecule has 0 radical (unpaired) electrons. The predicted molar refractivity (Wildman–Crippen MR) is 63.7 cm³/mol. The molecule has 1 atom stereocenters. The molecule has 0 amide bonds. The third-order valence-electron chi connectivity index (χ3n) is 2.83. The van der Waals surface area contributed by atoms with Gasteiger partial charge in [-0.1, -0.05) is 12.1 Å². The van der Waals surface area contributed by atoms with Crippen LogP contribution in [0.1, 0.15) is 24.1 Å². The molecule has 1 unspecified atom stereocenters. The van der Waals surface area contributed by atoms with Gasteiger partial charge in [-0.2, -0.15) is 0 Å². The highest BCUT2D eigenvalue weighted by Gasteiger charge is 2.05. The van der Waals surface area contributed by atoms with Crippen molar-refractivity contribution in [1.82, 2.24) is 10.3 Å². The van der Waals surface area contributed by atoms with Crippen LogP contribution in [-0.4, -0.2) is 18.2 Å². The molecular formula is C12H15N3. The summed E-state index contributed by atoms with van der Waals surface area (Å²) in [7, 11) is 1.95. The third kappa shape index (κ3) is 1.66. The van der Waals surface area contributed by atoms with Crippen molar-refractivity contribution in [2.24, 2.45) is 0 Å². The van der Waals surface area contributed by atoms with E-state index in [-0.39, 0.29) is 0 Å². The standard InChI is InChI=1S/C12H15N3/c1-8(14-2)9-3-4-11-10(6-13)7-15-12(11)5-9/h3-8,13-15H,1-2H3. The van der Waals surface area contributed by atoms with Crippen LogP contribution in [0.15, 0.2) is 24.4 Å². The van der Waals surface area contributed by atoms with Gasteiger partial charge in [-0.3, -0.25) is 0 Å². The van der Waals surface area contributed by atoms with E-state index in [4.69, 9.17) is 5.41 Å². The van der Waals surface area contributed by atoms with Crippen LogP contribution in [0.3, 0.4) is 0 Å². The van der Waals surface area contributed by atoms with Gasteiger partial charge in [0.15, 0.2) is 0 Å². The first-order chi connectivity index (χ1) is 7.26. The molecule has 1 heterocycles. The summed E-state index contributed by atoms with van der Waals surface area (Å²) in [5.41, 5.74) is 3.28. The zero-order valence-electron chi connectivity index (χ0n) is 8.96. The SMILES string of the molecule is CNC(C)c1ccc2c(C=N)c[nH]c2c1. The lowest BCUT2D eigenvalue weighted by atomic mass is 10.1. The van der Waals surface area contributed by atoms with Crippen LogP contribution in [0.25, 0.3) is 10.9 Å². The summed E-state index contributed by atoms with van der Waals surface area (Å²) in [4.78, 5) is 3.18. The molecule has 0 aliphatic carbocycles. The number of aromatic amines is 1. The summed E-state index contributed by atoms with van der Waals surface area (Å²) in [6, 6.07) is 6.64. The molecule has 0 aliphatic heterocycles. The van der Waals surface area contributed by atoms with Crippen molar-refractivity contribution >= 4 is 17.1 Å². The summed E-state index contributed by atoms with van der Waals surface area (Å²) in [5, 5.41) is 11.6. The monoisotopic (exact) mass is 201 g/mol. The molecule has 3 N–H and O–H groups in total. The largest absolute Gasteiger partial charge is 0.360 e. The highest BCUT2D eigenvalue weighted by atomic mass is 14.9. The average molecular weight is 201 g/mol. The van der Waals surface area contributed by atoms with E-state index >= 15 is 0 Å². The van der Waals surface area contributed by atoms with Gasteiger partial charge in [-0.05, 0) is 25.6 Å². The van der Waals surface area contributed by atoms with Crippen molar-refractivity contribution in [3.05, 3.63) is 35.5 Å². The summed E-state index contributed by atoms with van der Waals surface area (Å²) >= 11 is 0. The third-order valence-corrected chi connectivity index (χ3v) is 2.83. The van der Waals surface area contributed by atoms with Crippen LogP contribution < -0.4 is 5.32 Å². The number of benzene rings is 1. The second kappa shape index (κ2) is 3.87. The first-order valence-corrected chi connectivity index (χ1v) is 5.05. The molecule has 15 heavy (non-hydrogen) atoms. The highest BCUT2D eigenvalue weighted by molar-refractivity contribution is 5.98. The van der Waals surface area contributed by atoms with Gasteiger partial charge in [0.05, 0.1) is 0 Å². The van der Waals surface area contributed by atoms with Crippen molar-refractivity contribution in [1.29, 1.82) is 5.41 Å². The lowest BCUT2D eigenvalue weighted by molar-refractivity contribution is 0.653. The summed E-state index contributed by atoms with van der Waals surface area (Å²) < 4.78 is 0. The molecule has 0 fully saturated rings. The summed E-state index contributed by atoms with van der Waals surface area (Å²) in [6.07, 6.45) is 3.24. The average Bonchev–Trinajstić information content (AvgIpc) is 2.69. The number of nitrogens with one attached hydrogen (secondary N) is 3. The van der Waals surface area contributed by atoms with Crippen molar-refractivity contribution in [2.45, 2.75) is 13.0 Å². The van der Waals surface area contributed by atoms with Crippen LogP contribution in [0.5, 0.6) is 0 Å². The van der Waals surface area contributed by atoms with E-state index in [2.05, 4.69) is 35.4 Å². The first-order valence-electron chi connectivity index (χ1n) is 5.05. The minimum absolute atomic E-state index is 0.348. The van der Waals surface area contributed by atoms with E-state index in [1.54, 1.807) is 0 Å². The molecule has 78 valence electrons. The van der Waals surface area contributed by atoms with Crippen LogP contribution >= 0.6 is 0 Å². The Labute approximate surface area is 89.0 Å². The summed E-state index contributed by atoms with van der Waals surface area (Å²) in [5.74, 6) is 0. The Kier molecular flexibility index (Phi) is 2.56. The number of H-pyrrole nitrogens is 1. The van der Waals surface area contributed by atoms with Gasteiger partial charge in [-0.25, -0.2) is 0 Å². The Morgan fingerprint density at radius 1 is 1.47 bits per heavy atom. The highest BCUT2D eigenvalue weighted by Crippen LogP contribution is 2.21. The molecule has 1 aromatic carbocycles. The van der Waals surface area contributed by atoms with Crippen molar-refractivity contribution in [3.63, 3.8) is 0 Å². The van der Waals surface area contributed by atoms with E-state index in [9.17, 15) is 0 Å². The Morgan fingerprint density at radius 2 is 2.27 bits per heavy atom. The summed E-state index contributed by atoms with van der Waals surface area (Å²) in [6.45, 7) is 2.13. The van der Waals surface area contributed by atoms with Gasteiger partial charge in [0.1, 0.15) is 0 Å². The Morgan fingerprint density at radius 3 is 2.93 bits per heavy atom. The van der Waals surface area contributed by atoms with E-state index in [1.807, 2.05) is 13.2 Å². The van der Waals surface area contributed by atoms with E-state index in [1.165, 1.54) is 11.8 Å². The van der Waals surface area contributed by atoms with Crippen LogP contribution in [0.4, 0.5) is 0 Å². The van der Waals surface area contributed by atoms with Crippen molar-refractivity contribution < 1.29 is 0 Å². The molecule has 2 aromatic rings. The maximum Gasteiger partial charge on any atom is 0.0464 e. The number of hydrogen-bond acceptors (Lipinski definition) is 2. The second-order valence-electron chi connectivity index (χ2n) is 3.70. The van der Waals surface area contributed by atoms with E-state index in [0.717, 1.165) is 16.5 Å². The smallest absolute Gasteiger partial charge is 0.0464 e. The minimum atomic E-state index is 0.348. The topological polar surface area (TPSA) is 51.7 Å². The Bertz CT molecular complexity index is 485. The lowest BCUT2D eigenvalue weighted by Gasteiger charge is -2.10. The zero-order chi connectivity index (χ0) is 10.8. The number of fused-ring (bicyclic) bond motifs is 1.